The Bertz CT molecular complexity index is 883. The van der Waals surface area contributed by atoms with Gasteiger partial charge in [0.2, 0.25) is 0 Å². The second-order valence-corrected chi connectivity index (χ2v) is 5.05. The van der Waals surface area contributed by atoms with Gasteiger partial charge in [-0.05, 0) is 41.5 Å². The molecule has 23 heavy (non-hydrogen) atoms. The first kappa shape index (κ1) is 14.8. The van der Waals surface area contributed by atoms with E-state index in [9.17, 15) is 9.90 Å². The molecule has 4 heteroatoms. The number of aromatic carboxylic acids is 1. The van der Waals surface area contributed by atoms with Crippen molar-refractivity contribution in [1.82, 2.24) is 4.98 Å². The number of benzene rings is 2. The van der Waals surface area contributed by atoms with E-state index < -0.39 is 5.97 Å². The number of aromatic nitrogens is 1. The topological polar surface area (TPSA) is 59.4 Å². The van der Waals surface area contributed by atoms with E-state index in [0.29, 0.717) is 10.9 Å². The molecule has 4 nitrogen and oxygen atoms in total. The Morgan fingerprint density at radius 2 is 1.74 bits per heavy atom. The first-order valence-electron chi connectivity index (χ1n) is 7.11. The third-order valence-electron chi connectivity index (χ3n) is 3.58. The molecular weight excluding hydrogens is 290 g/mol. The molecule has 0 aliphatic carbocycles. The number of rotatable bonds is 4. The zero-order valence-corrected chi connectivity index (χ0v) is 12.6. The SMILES string of the molecule is COc1ccc(C=Cc2ccc3nccc(C(=O)O)c3c2)cc1. The minimum absolute atomic E-state index is 0.259. The van der Waals surface area contributed by atoms with Crippen LogP contribution in [0.5, 0.6) is 5.75 Å². The van der Waals surface area contributed by atoms with E-state index in [-0.39, 0.29) is 5.56 Å². The van der Waals surface area contributed by atoms with Gasteiger partial charge >= 0.3 is 5.97 Å². The molecule has 3 rings (SSSR count). The molecule has 0 atom stereocenters. The average Bonchev–Trinajstić information content (AvgIpc) is 2.59. The van der Waals surface area contributed by atoms with Crippen LogP contribution in [0.4, 0.5) is 0 Å². The van der Waals surface area contributed by atoms with Gasteiger partial charge in [-0.3, -0.25) is 4.98 Å². The number of nitrogens with zero attached hydrogens (tertiary/aromatic N) is 1. The second kappa shape index (κ2) is 6.32. The van der Waals surface area contributed by atoms with Gasteiger partial charge in [-0.15, -0.1) is 0 Å². The predicted octanol–water partition coefficient (Wildman–Crippen LogP) is 4.11. The summed E-state index contributed by atoms with van der Waals surface area (Å²) in [6.45, 7) is 0. The minimum Gasteiger partial charge on any atom is -0.497 e. The lowest BCUT2D eigenvalue weighted by molar-refractivity contribution is 0.0699. The van der Waals surface area contributed by atoms with Crippen molar-refractivity contribution < 1.29 is 14.6 Å². The minimum atomic E-state index is -0.950. The lowest BCUT2D eigenvalue weighted by atomic mass is 10.0. The molecule has 0 aliphatic heterocycles. The van der Waals surface area contributed by atoms with Crippen LogP contribution in [0.3, 0.4) is 0 Å². The summed E-state index contributed by atoms with van der Waals surface area (Å²) in [5, 5.41) is 9.91. The fourth-order valence-corrected chi connectivity index (χ4v) is 2.36. The van der Waals surface area contributed by atoms with Gasteiger partial charge in [-0.1, -0.05) is 30.4 Å². The van der Waals surface area contributed by atoms with Gasteiger partial charge in [0.05, 0.1) is 18.2 Å². The molecule has 2 aromatic carbocycles. The average molecular weight is 305 g/mol. The third kappa shape index (κ3) is 3.21. The van der Waals surface area contributed by atoms with Crippen LogP contribution >= 0.6 is 0 Å². The summed E-state index contributed by atoms with van der Waals surface area (Å²) in [4.78, 5) is 15.5. The number of fused-ring (bicyclic) bond motifs is 1. The van der Waals surface area contributed by atoms with Gasteiger partial charge in [0.25, 0.3) is 0 Å². The summed E-state index contributed by atoms with van der Waals surface area (Å²) < 4.78 is 5.13. The molecular formula is C19H15NO3. The molecule has 114 valence electrons. The summed E-state index contributed by atoms with van der Waals surface area (Å²) in [7, 11) is 1.63. The molecule has 0 spiro atoms. The van der Waals surface area contributed by atoms with Crippen LogP contribution in [0.2, 0.25) is 0 Å². The van der Waals surface area contributed by atoms with Crippen molar-refractivity contribution in [2.75, 3.05) is 7.11 Å². The van der Waals surface area contributed by atoms with E-state index in [1.165, 1.54) is 12.3 Å². The summed E-state index contributed by atoms with van der Waals surface area (Å²) in [5.41, 5.74) is 2.89. The van der Waals surface area contributed by atoms with Crippen molar-refractivity contribution in [3.8, 4) is 5.75 Å². The normalized spacial score (nSPS) is 11.0. The number of hydrogen-bond acceptors (Lipinski definition) is 3. The van der Waals surface area contributed by atoms with E-state index >= 15 is 0 Å². The molecule has 0 bridgehead atoms. The molecule has 0 amide bonds. The van der Waals surface area contributed by atoms with E-state index in [0.717, 1.165) is 16.9 Å². The van der Waals surface area contributed by atoms with Crippen molar-refractivity contribution >= 4 is 29.0 Å². The highest BCUT2D eigenvalue weighted by molar-refractivity contribution is 6.03. The van der Waals surface area contributed by atoms with Gasteiger partial charge in [-0.25, -0.2) is 4.79 Å². The first-order chi connectivity index (χ1) is 11.2. The monoisotopic (exact) mass is 305 g/mol. The second-order valence-electron chi connectivity index (χ2n) is 5.05. The van der Waals surface area contributed by atoms with Crippen LogP contribution in [0.1, 0.15) is 21.5 Å². The van der Waals surface area contributed by atoms with Crippen molar-refractivity contribution in [2.24, 2.45) is 0 Å². The van der Waals surface area contributed by atoms with Gasteiger partial charge < -0.3 is 9.84 Å². The van der Waals surface area contributed by atoms with Gasteiger partial charge in [0.1, 0.15) is 5.75 Å². The molecule has 0 fully saturated rings. The van der Waals surface area contributed by atoms with Gasteiger partial charge in [0, 0.05) is 11.6 Å². The number of carboxylic acid groups (broad SMARTS) is 1. The fourth-order valence-electron chi connectivity index (χ4n) is 2.36. The Morgan fingerprint density at radius 1 is 1.04 bits per heavy atom. The standard InChI is InChI=1S/C19H15NO3/c1-23-15-7-4-13(5-8-15)2-3-14-6-9-18-17(12-14)16(19(21)22)10-11-20-18/h2-12H,1H3,(H,21,22). The zero-order chi connectivity index (χ0) is 16.2. The number of carboxylic acids is 1. The van der Waals surface area contributed by atoms with Crippen molar-refractivity contribution in [1.29, 1.82) is 0 Å². The smallest absolute Gasteiger partial charge is 0.336 e. The summed E-state index contributed by atoms with van der Waals surface area (Å²) in [5.74, 6) is -0.140. The quantitative estimate of drug-likeness (QED) is 0.737. The maximum atomic E-state index is 11.3. The van der Waals surface area contributed by atoms with E-state index in [2.05, 4.69) is 4.98 Å². The third-order valence-corrected chi connectivity index (χ3v) is 3.58. The number of hydrogen-bond donors (Lipinski definition) is 1. The summed E-state index contributed by atoms with van der Waals surface area (Å²) in [6, 6.07) is 14.8. The maximum absolute atomic E-state index is 11.3. The number of pyridine rings is 1. The number of methoxy groups -OCH3 is 1. The Kier molecular flexibility index (Phi) is 4.06. The molecule has 1 aromatic heterocycles. The van der Waals surface area contributed by atoms with Crippen molar-refractivity contribution in [3.05, 3.63) is 71.4 Å². The van der Waals surface area contributed by atoms with E-state index in [4.69, 9.17) is 4.74 Å². The van der Waals surface area contributed by atoms with E-state index in [1.807, 2.05) is 54.6 Å². The van der Waals surface area contributed by atoms with Crippen LogP contribution in [-0.4, -0.2) is 23.2 Å². The lowest BCUT2D eigenvalue weighted by Crippen LogP contribution is -1.98. The van der Waals surface area contributed by atoms with Gasteiger partial charge in [0.15, 0.2) is 0 Å². The number of ether oxygens (including phenoxy) is 1. The summed E-state index contributed by atoms with van der Waals surface area (Å²) >= 11 is 0. The molecule has 1 N–H and O–H groups in total. The molecule has 0 aliphatic rings. The molecule has 1 heterocycles. The Balaban J connectivity index is 1.94. The molecule has 0 saturated carbocycles. The highest BCUT2D eigenvalue weighted by Crippen LogP contribution is 2.20. The summed E-state index contributed by atoms with van der Waals surface area (Å²) in [6.07, 6.45) is 5.43. The Labute approximate surface area is 133 Å². The molecule has 0 unspecified atom stereocenters. The van der Waals surface area contributed by atoms with Crippen LogP contribution in [0.25, 0.3) is 23.1 Å². The predicted molar refractivity (Wildman–Crippen MR) is 90.6 cm³/mol. The van der Waals surface area contributed by atoms with Crippen LogP contribution < -0.4 is 4.74 Å². The van der Waals surface area contributed by atoms with Crippen LogP contribution in [0.15, 0.2) is 54.7 Å². The van der Waals surface area contributed by atoms with Crippen LogP contribution in [-0.2, 0) is 0 Å². The Hall–Kier alpha value is -3.14. The first-order valence-corrected chi connectivity index (χ1v) is 7.11. The number of carbonyl (C=O) groups is 1. The highest BCUT2D eigenvalue weighted by atomic mass is 16.5. The fraction of sp³-hybridized carbons (Fsp3) is 0.0526. The van der Waals surface area contributed by atoms with Crippen LogP contribution in [0, 0.1) is 0 Å². The van der Waals surface area contributed by atoms with Gasteiger partial charge in [-0.2, -0.15) is 0 Å². The molecule has 0 saturated heterocycles. The van der Waals surface area contributed by atoms with E-state index in [1.54, 1.807) is 7.11 Å². The maximum Gasteiger partial charge on any atom is 0.336 e. The largest absolute Gasteiger partial charge is 0.497 e. The lowest BCUT2D eigenvalue weighted by Gasteiger charge is -2.03. The van der Waals surface area contributed by atoms with Crippen molar-refractivity contribution in [2.45, 2.75) is 0 Å². The zero-order valence-electron chi connectivity index (χ0n) is 12.6. The Morgan fingerprint density at radius 3 is 2.43 bits per heavy atom. The van der Waals surface area contributed by atoms with Crippen molar-refractivity contribution in [3.63, 3.8) is 0 Å². The highest BCUT2D eigenvalue weighted by Gasteiger charge is 2.08. The molecule has 0 radical (unpaired) electrons. The molecule has 3 aromatic rings.